The van der Waals surface area contributed by atoms with Crippen LogP contribution in [-0.4, -0.2) is 18.2 Å². The number of nitrogens with zero attached hydrogens (tertiary/aromatic N) is 1. The van der Waals surface area contributed by atoms with Crippen LogP contribution in [0, 0.1) is 11.6 Å². The minimum Gasteiger partial charge on any atom is -0.372 e. The summed E-state index contributed by atoms with van der Waals surface area (Å²) in [6, 6.07) is 11.5. The van der Waals surface area contributed by atoms with Gasteiger partial charge in [-0.05, 0) is 55.9 Å². The number of para-hydroxylation sites is 1. The Kier molecular flexibility index (Phi) is 6.47. The number of hydrogen-bond acceptors (Lipinski definition) is 2. The van der Waals surface area contributed by atoms with Crippen LogP contribution in [0.25, 0.3) is 5.70 Å². The van der Waals surface area contributed by atoms with Gasteiger partial charge in [-0.2, -0.15) is 0 Å². The first-order valence-electron chi connectivity index (χ1n) is 8.02. The van der Waals surface area contributed by atoms with Gasteiger partial charge in [0.15, 0.2) is 5.11 Å². The van der Waals surface area contributed by atoms with E-state index in [1.807, 2.05) is 24.3 Å². The number of nitrogens with one attached hydrogen (secondary N) is 2. The third-order valence-corrected chi connectivity index (χ3v) is 4.01. The largest absolute Gasteiger partial charge is 0.372 e. The molecule has 0 aliphatic carbocycles. The minimum atomic E-state index is -0.710. The Morgan fingerprint density at radius 3 is 2.12 bits per heavy atom. The highest BCUT2D eigenvalue weighted by Gasteiger charge is 2.11. The van der Waals surface area contributed by atoms with E-state index < -0.39 is 11.6 Å². The van der Waals surface area contributed by atoms with Crippen LogP contribution in [0.1, 0.15) is 19.4 Å². The van der Waals surface area contributed by atoms with Crippen LogP contribution >= 0.6 is 12.2 Å². The molecule has 2 N–H and O–H groups in total. The molecule has 0 amide bonds. The minimum absolute atomic E-state index is 0.0711. The molecular weight excluding hydrogens is 340 g/mol. The summed E-state index contributed by atoms with van der Waals surface area (Å²) in [5, 5.41) is 5.45. The molecule has 6 heteroatoms. The lowest BCUT2D eigenvalue weighted by Gasteiger charge is -2.21. The van der Waals surface area contributed by atoms with E-state index in [1.54, 1.807) is 0 Å². The average Bonchev–Trinajstić information content (AvgIpc) is 2.60. The Morgan fingerprint density at radius 1 is 1.04 bits per heavy atom. The van der Waals surface area contributed by atoms with Gasteiger partial charge < -0.3 is 15.5 Å². The van der Waals surface area contributed by atoms with Crippen molar-refractivity contribution < 1.29 is 8.78 Å². The van der Waals surface area contributed by atoms with Crippen LogP contribution < -0.4 is 15.5 Å². The topological polar surface area (TPSA) is 27.3 Å². The van der Waals surface area contributed by atoms with Crippen LogP contribution in [0.4, 0.5) is 20.2 Å². The van der Waals surface area contributed by atoms with Crippen molar-refractivity contribution in [2.24, 2.45) is 0 Å². The predicted molar refractivity (Wildman–Crippen MR) is 105 cm³/mol. The van der Waals surface area contributed by atoms with Gasteiger partial charge in [0.05, 0.1) is 0 Å². The summed E-state index contributed by atoms with van der Waals surface area (Å²) in [6.45, 7) is 9.98. The van der Waals surface area contributed by atoms with E-state index in [-0.39, 0.29) is 10.8 Å². The van der Waals surface area contributed by atoms with Crippen LogP contribution in [-0.2, 0) is 0 Å². The molecule has 0 aliphatic heterocycles. The molecule has 0 aromatic heterocycles. The fraction of sp³-hybridized carbons (Fsp3) is 0.211. The molecule has 0 saturated carbocycles. The molecule has 25 heavy (non-hydrogen) atoms. The van der Waals surface area contributed by atoms with Gasteiger partial charge in [0.25, 0.3) is 0 Å². The molecule has 0 fully saturated rings. The number of hydrogen-bond donors (Lipinski definition) is 2. The van der Waals surface area contributed by atoms with Gasteiger partial charge in [-0.25, -0.2) is 8.78 Å². The summed E-state index contributed by atoms with van der Waals surface area (Å²) in [6.07, 6.45) is 0. The number of thiocarbonyl (C=S) groups is 1. The van der Waals surface area contributed by atoms with Crippen molar-refractivity contribution in [3.8, 4) is 0 Å². The smallest absolute Gasteiger partial charge is 0.175 e. The zero-order valence-electron chi connectivity index (χ0n) is 14.3. The number of benzene rings is 2. The van der Waals surface area contributed by atoms with E-state index in [1.165, 1.54) is 6.07 Å². The van der Waals surface area contributed by atoms with E-state index in [4.69, 9.17) is 12.2 Å². The molecular formula is C19H21F2N3S. The molecule has 2 rings (SSSR count). The van der Waals surface area contributed by atoms with Gasteiger partial charge in [-0.3, -0.25) is 0 Å². The molecule has 0 saturated heterocycles. The van der Waals surface area contributed by atoms with Crippen molar-refractivity contribution in [3.05, 3.63) is 66.2 Å². The summed E-state index contributed by atoms with van der Waals surface area (Å²) in [5.41, 5.74) is 2.22. The van der Waals surface area contributed by atoms with Gasteiger partial charge in [0.1, 0.15) is 17.3 Å². The first-order valence-corrected chi connectivity index (χ1v) is 8.43. The Balaban J connectivity index is 2.03. The molecule has 0 spiro atoms. The molecule has 3 nitrogen and oxygen atoms in total. The highest BCUT2D eigenvalue weighted by atomic mass is 32.1. The van der Waals surface area contributed by atoms with Gasteiger partial charge >= 0.3 is 0 Å². The normalized spacial score (nSPS) is 10.2. The fourth-order valence-corrected chi connectivity index (χ4v) is 2.66. The Labute approximate surface area is 152 Å². The van der Waals surface area contributed by atoms with Crippen LogP contribution in [0.3, 0.4) is 0 Å². The molecule has 0 heterocycles. The zero-order chi connectivity index (χ0) is 18.4. The molecule has 0 bridgehead atoms. The maximum atomic E-state index is 13.6. The molecule has 0 unspecified atom stereocenters. The standard InChI is InChI=1S/C19H21F2N3S/c1-4-24(5-2)15-11-9-14(10-12-15)13(3)22-19(25)23-18-16(20)7-6-8-17(18)21/h6-12H,3-5H2,1-2H3,(H2,22,23,25). The molecule has 0 aliphatic rings. The van der Waals surface area contributed by atoms with Gasteiger partial charge in [-0.1, -0.05) is 24.8 Å². The summed E-state index contributed by atoms with van der Waals surface area (Å²) < 4.78 is 27.3. The first kappa shape index (κ1) is 18.9. The zero-order valence-corrected chi connectivity index (χ0v) is 15.1. The second-order valence-corrected chi connectivity index (χ2v) is 5.78. The van der Waals surface area contributed by atoms with Crippen LogP contribution in [0.5, 0.6) is 0 Å². The summed E-state index contributed by atoms with van der Waals surface area (Å²) in [7, 11) is 0. The highest BCUT2D eigenvalue weighted by Crippen LogP contribution is 2.20. The highest BCUT2D eigenvalue weighted by molar-refractivity contribution is 7.80. The van der Waals surface area contributed by atoms with Crippen LogP contribution in [0.2, 0.25) is 0 Å². The van der Waals surface area contributed by atoms with Gasteiger partial charge in [0.2, 0.25) is 0 Å². The maximum Gasteiger partial charge on any atom is 0.175 e. The van der Waals surface area contributed by atoms with E-state index in [2.05, 4.69) is 36.0 Å². The number of anilines is 2. The van der Waals surface area contributed by atoms with Crippen molar-refractivity contribution in [3.63, 3.8) is 0 Å². The summed E-state index contributed by atoms with van der Waals surface area (Å²) in [5.74, 6) is -1.42. The monoisotopic (exact) mass is 361 g/mol. The predicted octanol–water partition coefficient (Wildman–Crippen LogP) is 4.77. The lowest BCUT2D eigenvalue weighted by molar-refractivity contribution is 0.591. The van der Waals surface area contributed by atoms with Crippen molar-refractivity contribution in [2.45, 2.75) is 13.8 Å². The Bertz CT molecular complexity index is 736. The van der Waals surface area contributed by atoms with Crippen molar-refractivity contribution >= 4 is 34.4 Å². The fourth-order valence-electron chi connectivity index (χ4n) is 2.43. The quantitative estimate of drug-likeness (QED) is 0.725. The summed E-state index contributed by atoms with van der Waals surface area (Å²) >= 11 is 5.11. The van der Waals surface area contributed by atoms with Gasteiger partial charge in [-0.15, -0.1) is 0 Å². The maximum absolute atomic E-state index is 13.6. The first-order chi connectivity index (χ1) is 12.0. The van der Waals surface area contributed by atoms with Crippen molar-refractivity contribution in [1.82, 2.24) is 5.32 Å². The summed E-state index contributed by atoms with van der Waals surface area (Å²) in [4.78, 5) is 2.23. The molecule has 2 aromatic rings. The number of rotatable bonds is 6. The van der Waals surface area contributed by atoms with E-state index in [0.29, 0.717) is 5.70 Å². The van der Waals surface area contributed by atoms with Crippen molar-refractivity contribution in [1.29, 1.82) is 0 Å². The third kappa shape index (κ3) is 4.76. The average molecular weight is 361 g/mol. The third-order valence-electron chi connectivity index (χ3n) is 3.81. The Morgan fingerprint density at radius 2 is 1.60 bits per heavy atom. The lowest BCUT2D eigenvalue weighted by Crippen LogP contribution is -2.27. The van der Waals surface area contributed by atoms with Crippen LogP contribution in [0.15, 0.2) is 49.0 Å². The molecule has 0 radical (unpaired) electrons. The van der Waals surface area contributed by atoms with E-state index in [9.17, 15) is 8.78 Å². The van der Waals surface area contributed by atoms with Gasteiger partial charge in [0, 0.05) is 24.5 Å². The molecule has 132 valence electrons. The Hall–Kier alpha value is -2.47. The van der Waals surface area contributed by atoms with Crippen molar-refractivity contribution in [2.75, 3.05) is 23.3 Å². The SMILES string of the molecule is C=C(NC(=S)Nc1c(F)cccc1F)c1ccc(N(CC)CC)cc1. The lowest BCUT2D eigenvalue weighted by atomic mass is 10.1. The van der Waals surface area contributed by atoms with E-state index in [0.717, 1.165) is 36.5 Å². The number of halogens is 2. The second-order valence-electron chi connectivity index (χ2n) is 5.37. The molecule has 0 atom stereocenters. The molecule has 2 aromatic carbocycles. The van der Waals surface area contributed by atoms with E-state index >= 15 is 0 Å². The second kappa shape index (κ2) is 8.58.